The van der Waals surface area contributed by atoms with Crippen LogP contribution in [0.1, 0.15) is 0 Å². The first-order chi connectivity index (χ1) is 7.04. The quantitative estimate of drug-likeness (QED) is 0.365. The van der Waals surface area contributed by atoms with Gasteiger partial charge in [0.05, 0.1) is 5.70 Å². The normalized spacial score (nSPS) is 17.3. The highest BCUT2D eigenvalue weighted by Gasteiger charge is 2.33. The zero-order valence-electron chi connectivity index (χ0n) is 8.06. The van der Waals surface area contributed by atoms with Gasteiger partial charge in [-0.25, -0.2) is 4.90 Å². The monoisotopic (exact) mass is 195 g/mol. The lowest BCUT2D eigenvalue weighted by Gasteiger charge is -2.15. The Labute approximate surface area is 90.6 Å². The molecule has 0 spiro atoms. The summed E-state index contributed by atoms with van der Waals surface area (Å²) in [5.41, 5.74) is -0.183. The van der Waals surface area contributed by atoms with Crippen LogP contribution in [0.2, 0.25) is 0 Å². The van der Waals surface area contributed by atoms with Gasteiger partial charge in [0.15, 0.2) is 0 Å². The molecule has 4 radical (unpaired) electrons. The average molecular weight is 195 g/mol. The number of hydrogen-bond acceptors (Lipinski definition) is 2. The minimum atomic E-state index is -0.634. The Morgan fingerprint density at radius 2 is 1.60 bits per heavy atom. The molecule has 1 heterocycles. The van der Waals surface area contributed by atoms with Crippen molar-refractivity contribution in [2.45, 2.75) is 0 Å². The molecule has 0 N–H and O–H groups in total. The fourth-order valence-electron chi connectivity index (χ4n) is 1.15. The Morgan fingerprint density at radius 3 is 1.93 bits per heavy atom. The summed E-state index contributed by atoms with van der Waals surface area (Å²) in [6.07, 6.45) is 4.25. The molecule has 0 aromatic rings. The van der Waals surface area contributed by atoms with Crippen LogP contribution in [0.5, 0.6) is 0 Å². The minimum Gasteiger partial charge on any atom is -0.270 e. The maximum Gasteiger partial charge on any atom is 0.250 e. The van der Waals surface area contributed by atoms with Gasteiger partial charge in [-0.3, -0.25) is 9.59 Å². The van der Waals surface area contributed by atoms with Crippen molar-refractivity contribution in [1.29, 1.82) is 0 Å². The zero-order chi connectivity index (χ0) is 11.6. The summed E-state index contributed by atoms with van der Waals surface area (Å²) in [4.78, 5) is 23.9. The molecule has 0 saturated heterocycles. The highest BCUT2D eigenvalue weighted by Crippen LogP contribution is 2.21. The summed E-state index contributed by atoms with van der Waals surface area (Å²) in [6.45, 7) is 6.94. The SMILES string of the molecule is [B]C1=C([B])C(=O)N(/C(C=C)=C/C=C)C1=O. The second-order valence-corrected chi connectivity index (χ2v) is 2.80. The largest absolute Gasteiger partial charge is 0.270 e. The van der Waals surface area contributed by atoms with Crippen LogP contribution < -0.4 is 0 Å². The van der Waals surface area contributed by atoms with Crippen LogP contribution in [0.25, 0.3) is 0 Å². The summed E-state index contributed by atoms with van der Waals surface area (Å²) >= 11 is 0. The number of nitrogens with zero attached hydrogens (tertiary/aromatic N) is 1. The third-order valence-electron chi connectivity index (χ3n) is 1.91. The fourth-order valence-corrected chi connectivity index (χ4v) is 1.15. The highest BCUT2D eigenvalue weighted by atomic mass is 16.2. The Bertz CT molecular complexity index is 397. The summed E-state index contributed by atoms with van der Waals surface area (Å²) in [7, 11) is 10.7. The first-order valence-corrected chi connectivity index (χ1v) is 4.13. The fraction of sp³-hybridized carbons (Fsp3) is 0. The van der Waals surface area contributed by atoms with Crippen LogP contribution in [0.4, 0.5) is 0 Å². The Kier molecular flexibility index (Phi) is 3.14. The summed E-state index contributed by atoms with van der Waals surface area (Å²) in [6, 6.07) is 0. The van der Waals surface area contributed by atoms with E-state index in [2.05, 4.69) is 13.2 Å². The van der Waals surface area contributed by atoms with Crippen molar-refractivity contribution in [3.8, 4) is 0 Å². The standard InChI is InChI=1S/C10H7B2NO2/c1-3-5-6(4-2)13-9(14)7(11)8(12)10(13)15/h3-5H,1-2H2/b6-5+. The second kappa shape index (κ2) is 4.17. The van der Waals surface area contributed by atoms with Gasteiger partial charge in [0.1, 0.15) is 15.7 Å². The molecule has 0 atom stereocenters. The molecule has 5 heteroatoms. The van der Waals surface area contributed by atoms with E-state index in [9.17, 15) is 9.59 Å². The second-order valence-electron chi connectivity index (χ2n) is 2.80. The van der Waals surface area contributed by atoms with Gasteiger partial charge in [-0.1, -0.05) is 19.2 Å². The van der Waals surface area contributed by atoms with Crippen molar-refractivity contribution >= 4 is 27.5 Å². The Balaban J connectivity index is 3.17. The van der Waals surface area contributed by atoms with Crippen LogP contribution in [-0.2, 0) is 9.59 Å². The van der Waals surface area contributed by atoms with Gasteiger partial charge >= 0.3 is 0 Å². The van der Waals surface area contributed by atoms with Gasteiger partial charge in [-0.05, 0) is 23.1 Å². The van der Waals surface area contributed by atoms with Crippen molar-refractivity contribution in [3.63, 3.8) is 0 Å². The third kappa shape index (κ3) is 1.73. The molecule has 0 unspecified atom stereocenters. The molecule has 0 fully saturated rings. The zero-order valence-corrected chi connectivity index (χ0v) is 8.06. The maximum absolute atomic E-state index is 11.5. The summed E-state index contributed by atoms with van der Waals surface area (Å²) in [5.74, 6) is -1.27. The minimum absolute atomic E-state index is 0.239. The molecule has 0 saturated carbocycles. The van der Waals surface area contributed by atoms with Crippen molar-refractivity contribution in [2.24, 2.45) is 0 Å². The molecule has 1 aliphatic heterocycles. The number of imide groups is 1. The third-order valence-corrected chi connectivity index (χ3v) is 1.91. The van der Waals surface area contributed by atoms with Crippen molar-refractivity contribution in [1.82, 2.24) is 4.90 Å². The Hall–Kier alpha value is -1.77. The molecule has 0 aromatic heterocycles. The van der Waals surface area contributed by atoms with Crippen LogP contribution in [0.3, 0.4) is 0 Å². The van der Waals surface area contributed by atoms with Gasteiger partial charge in [0.2, 0.25) is 11.8 Å². The number of carbonyl (C=O) groups excluding carboxylic acids is 2. The smallest absolute Gasteiger partial charge is 0.250 e. The lowest BCUT2D eigenvalue weighted by atomic mass is 9.82. The van der Waals surface area contributed by atoms with Crippen molar-refractivity contribution in [2.75, 3.05) is 0 Å². The van der Waals surface area contributed by atoms with E-state index in [1.54, 1.807) is 0 Å². The number of rotatable bonds is 3. The molecular weight excluding hydrogens is 188 g/mol. The van der Waals surface area contributed by atoms with E-state index in [1.165, 1.54) is 18.2 Å². The number of hydrogen-bond donors (Lipinski definition) is 0. The number of carbonyl (C=O) groups is 2. The summed E-state index contributed by atoms with van der Waals surface area (Å²) < 4.78 is 0. The van der Waals surface area contributed by atoms with Gasteiger partial charge in [-0.2, -0.15) is 0 Å². The molecule has 2 amide bonds. The molecule has 1 aliphatic rings. The molecule has 15 heavy (non-hydrogen) atoms. The van der Waals surface area contributed by atoms with Gasteiger partial charge in [-0.15, -0.1) is 0 Å². The number of allylic oxidation sites excluding steroid dienone is 3. The Morgan fingerprint density at radius 1 is 1.13 bits per heavy atom. The van der Waals surface area contributed by atoms with Crippen LogP contribution in [0.15, 0.2) is 48.0 Å². The van der Waals surface area contributed by atoms with Crippen LogP contribution in [-0.4, -0.2) is 32.4 Å². The highest BCUT2D eigenvalue weighted by molar-refractivity contribution is 6.53. The predicted octanol–water partition coefficient (Wildman–Crippen LogP) is 0.160. The van der Waals surface area contributed by atoms with E-state index in [-0.39, 0.29) is 10.9 Å². The van der Waals surface area contributed by atoms with E-state index in [0.717, 1.165) is 4.90 Å². The first kappa shape index (κ1) is 11.3. The van der Waals surface area contributed by atoms with E-state index >= 15 is 0 Å². The van der Waals surface area contributed by atoms with E-state index in [4.69, 9.17) is 15.7 Å². The molecule has 1 rings (SSSR count). The average Bonchev–Trinajstić information content (AvgIpc) is 2.41. The molecule has 0 aromatic carbocycles. The van der Waals surface area contributed by atoms with Gasteiger partial charge < -0.3 is 0 Å². The lowest BCUT2D eigenvalue weighted by Crippen LogP contribution is -2.30. The topological polar surface area (TPSA) is 37.4 Å². The number of amides is 2. The first-order valence-electron chi connectivity index (χ1n) is 4.13. The summed E-state index contributed by atoms with van der Waals surface area (Å²) in [5, 5.41) is 0. The molecule has 0 bridgehead atoms. The predicted molar refractivity (Wildman–Crippen MR) is 58.9 cm³/mol. The van der Waals surface area contributed by atoms with E-state index < -0.39 is 11.8 Å². The van der Waals surface area contributed by atoms with E-state index in [1.807, 2.05) is 0 Å². The van der Waals surface area contributed by atoms with Crippen LogP contribution in [0, 0.1) is 0 Å². The molecule has 3 nitrogen and oxygen atoms in total. The van der Waals surface area contributed by atoms with Gasteiger partial charge in [0, 0.05) is 0 Å². The molecular formula is C10H7B2NO2. The van der Waals surface area contributed by atoms with E-state index in [0.29, 0.717) is 5.70 Å². The lowest BCUT2D eigenvalue weighted by molar-refractivity contribution is -0.134. The van der Waals surface area contributed by atoms with Crippen LogP contribution >= 0.6 is 0 Å². The van der Waals surface area contributed by atoms with Gasteiger partial charge in [0.25, 0.3) is 0 Å². The maximum atomic E-state index is 11.5. The molecule has 0 aliphatic carbocycles. The molecule has 70 valence electrons. The van der Waals surface area contributed by atoms with Crippen molar-refractivity contribution in [3.05, 3.63) is 48.0 Å². The van der Waals surface area contributed by atoms with Crippen molar-refractivity contribution < 1.29 is 9.59 Å².